The van der Waals surface area contributed by atoms with Gasteiger partial charge in [-0.1, -0.05) is 0 Å². The van der Waals surface area contributed by atoms with Crippen LogP contribution >= 0.6 is 22.3 Å². The molecule has 0 aromatic heterocycles. The van der Waals surface area contributed by atoms with E-state index >= 15 is 0 Å². The zero-order valence-corrected chi connectivity index (χ0v) is 15.7. The third-order valence-electron chi connectivity index (χ3n) is 4.26. The monoisotopic (exact) mass is 331 g/mol. The fourth-order valence-corrected chi connectivity index (χ4v) is 39.6. The van der Waals surface area contributed by atoms with Crippen LogP contribution in [0.1, 0.15) is 41.5 Å². The quantitative estimate of drug-likeness (QED) is 0.423. The molecule has 0 spiro atoms. The van der Waals surface area contributed by atoms with Gasteiger partial charge in [-0.2, -0.15) is 0 Å². The molecule has 0 nitrogen and oxygen atoms in total. The molecule has 0 atom stereocenters. The normalized spacial score (nSPS) is 16.1. The molecule has 0 bridgehead atoms. The van der Waals surface area contributed by atoms with Gasteiger partial charge in [0.1, 0.15) is 0 Å². The van der Waals surface area contributed by atoms with Crippen molar-refractivity contribution in [3.63, 3.8) is 0 Å². The van der Waals surface area contributed by atoms with Gasteiger partial charge >= 0.3 is 112 Å². The predicted molar refractivity (Wildman–Crippen MR) is 85.7 cm³/mol. The van der Waals surface area contributed by atoms with Gasteiger partial charge in [-0.3, -0.25) is 0 Å². The van der Waals surface area contributed by atoms with Crippen LogP contribution in [0.3, 0.4) is 0 Å². The molecular formula is C12H32ClNiP2. The van der Waals surface area contributed by atoms with E-state index in [-0.39, 0.29) is 11.7 Å². The van der Waals surface area contributed by atoms with Gasteiger partial charge in [0.2, 0.25) is 0 Å². The summed E-state index contributed by atoms with van der Waals surface area (Å²) in [4.78, 5) is 0. The topological polar surface area (TPSA) is 0 Å². The number of hydrogen-bond donors (Lipinski definition) is 0. The van der Waals surface area contributed by atoms with Crippen LogP contribution in [0.4, 0.5) is 0 Å². The van der Waals surface area contributed by atoms with E-state index in [2.05, 4.69) is 41.5 Å². The Hall–Kier alpha value is 1.64. The van der Waals surface area contributed by atoms with Crippen molar-refractivity contribution in [2.75, 3.05) is 37.0 Å². The van der Waals surface area contributed by atoms with Crippen LogP contribution in [-0.4, -0.2) is 37.0 Å². The first kappa shape index (κ1) is 17.6. The zero-order valence-electron chi connectivity index (χ0n) is 11.9. The Morgan fingerprint density at radius 3 is 0.938 bits per heavy atom. The van der Waals surface area contributed by atoms with Gasteiger partial charge in [0.25, 0.3) is 0 Å². The second kappa shape index (κ2) is 7.94. The Labute approximate surface area is 112 Å². The summed E-state index contributed by atoms with van der Waals surface area (Å²) in [7, 11) is 7.09. The first-order valence-corrected chi connectivity index (χ1v) is 16.0. The van der Waals surface area contributed by atoms with Gasteiger partial charge in [-0.25, -0.2) is 0 Å². The zero-order chi connectivity index (χ0) is 12.8. The molecule has 0 rings (SSSR count). The van der Waals surface area contributed by atoms with Crippen molar-refractivity contribution >= 4 is 22.3 Å². The fraction of sp³-hybridized carbons (Fsp3) is 1.00. The third-order valence-corrected chi connectivity index (χ3v) is 39.2. The second-order valence-electron chi connectivity index (χ2n) is 4.49. The van der Waals surface area contributed by atoms with Gasteiger partial charge in [0.05, 0.1) is 0 Å². The van der Waals surface area contributed by atoms with Crippen LogP contribution in [-0.2, 0) is 11.7 Å². The first-order valence-electron chi connectivity index (χ1n) is 6.80. The van der Waals surface area contributed by atoms with E-state index in [0.29, 0.717) is 0 Å². The molecule has 0 unspecified atom stereocenters. The van der Waals surface area contributed by atoms with Crippen LogP contribution in [0.15, 0.2) is 0 Å². The average molecular weight is 332 g/mol. The van der Waals surface area contributed by atoms with Crippen molar-refractivity contribution in [2.45, 2.75) is 41.5 Å². The Kier molecular flexibility index (Phi) is 8.76. The minimum atomic E-state index is -1.15. The van der Waals surface area contributed by atoms with Crippen LogP contribution in [0.2, 0.25) is 0 Å². The number of hydrogen-bond acceptors (Lipinski definition) is 0. The molecule has 0 saturated heterocycles. The van der Waals surface area contributed by atoms with Crippen molar-refractivity contribution in [1.82, 2.24) is 0 Å². The van der Waals surface area contributed by atoms with Gasteiger partial charge in [0, 0.05) is 0 Å². The summed E-state index contributed by atoms with van der Waals surface area (Å²) in [5, 5.41) is 0. The van der Waals surface area contributed by atoms with Crippen molar-refractivity contribution in [1.29, 1.82) is 0 Å². The fourth-order valence-electron chi connectivity index (χ4n) is 2.44. The summed E-state index contributed by atoms with van der Waals surface area (Å²) in [6.45, 7) is 14.4. The first-order chi connectivity index (χ1) is 7.52. The minimum absolute atomic E-state index is 0.132. The molecule has 0 aliphatic rings. The Morgan fingerprint density at radius 2 is 0.812 bits per heavy atom. The summed E-state index contributed by atoms with van der Waals surface area (Å²) in [6.07, 6.45) is 8.38. The number of halogens is 1. The third kappa shape index (κ3) is 3.35. The van der Waals surface area contributed by atoms with Crippen LogP contribution in [0.25, 0.3) is 0 Å². The van der Waals surface area contributed by atoms with Crippen LogP contribution in [0.5, 0.6) is 0 Å². The summed E-state index contributed by atoms with van der Waals surface area (Å²) >= 11 is 0.132. The van der Waals surface area contributed by atoms with E-state index in [1.165, 1.54) is 37.0 Å². The Morgan fingerprint density at radius 1 is 0.625 bits per heavy atom. The van der Waals surface area contributed by atoms with Crippen LogP contribution < -0.4 is 0 Å². The molecule has 107 valence electrons. The molecule has 0 fully saturated rings. The van der Waals surface area contributed by atoms with Crippen molar-refractivity contribution in [2.24, 2.45) is 0 Å². The predicted octanol–water partition coefficient (Wildman–Crippen LogP) is 5.21. The number of rotatable bonds is 8. The van der Waals surface area contributed by atoms with Crippen molar-refractivity contribution in [3.8, 4) is 0 Å². The van der Waals surface area contributed by atoms with E-state index in [9.17, 15) is 0 Å². The maximum atomic E-state index is 7.09. The molecule has 0 aliphatic carbocycles. The average Bonchev–Trinajstić information content (AvgIpc) is 2.35. The Bertz CT molecular complexity index is 155. The van der Waals surface area contributed by atoms with E-state index in [1.54, 1.807) is 0 Å². The molecule has 0 radical (unpaired) electrons. The van der Waals surface area contributed by atoms with Crippen molar-refractivity contribution < 1.29 is 11.7 Å². The summed E-state index contributed by atoms with van der Waals surface area (Å²) in [5.74, 6) is 0. The van der Waals surface area contributed by atoms with E-state index in [4.69, 9.17) is 10.2 Å². The molecule has 0 heterocycles. The van der Waals surface area contributed by atoms with Crippen LogP contribution in [0, 0.1) is 0 Å². The standard InChI is InChI=1S/2C6H15P.ClH.Ni/c2*1-4-7(5-2)6-3;;/h2*4-6H2,1-3H3;1H;/q;;;-1/p+1. The Balaban J connectivity index is 5.16. The van der Waals surface area contributed by atoms with Gasteiger partial charge in [0.15, 0.2) is 0 Å². The van der Waals surface area contributed by atoms with E-state index in [0.717, 1.165) is 0 Å². The van der Waals surface area contributed by atoms with Gasteiger partial charge < -0.3 is 0 Å². The molecule has 4 heteroatoms. The summed E-state index contributed by atoms with van der Waals surface area (Å²) in [6, 6.07) is -2.30. The molecule has 0 aliphatic heterocycles. The molecule has 0 aromatic rings. The molecule has 0 N–H and O–H groups in total. The molecule has 0 saturated carbocycles. The van der Waals surface area contributed by atoms with Crippen molar-refractivity contribution in [3.05, 3.63) is 0 Å². The molecule has 16 heavy (non-hydrogen) atoms. The van der Waals surface area contributed by atoms with E-state index < -0.39 is 12.1 Å². The second-order valence-corrected chi connectivity index (χ2v) is 26.5. The maximum absolute atomic E-state index is 7.09. The SMILES string of the molecule is CC[PH](CC)(CC)[Ni]([Cl])[PH](CC)(CC)CC. The molecular weight excluding hydrogens is 300 g/mol. The van der Waals surface area contributed by atoms with Gasteiger partial charge in [-0.05, 0) is 0 Å². The summed E-state index contributed by atoms with van der Waals surface area (Å²) in [5.41, 5.74) is 0. The van der Waals surface area contributed by atoms with Gasteiger partial charge in [-0.15, -0.1) is 0 Å². The molecule has 0 amide bonds. The summed E-state index contributed by atoms with van der Waals surface area (Å²) < 4.78 is 0. The van der Waals surface area contributed by atoms with E-state index in [1.807, 2.05) is 0 Å². The molecule has 0 aromatic carbocycles.